The van der Waals surface area contributed by atoms with Crippen molar-refractivity contribution in [2.24, 2.45) is 0 Å². The molecule has 0 radical (unpaired) electrons. The summed E-state index contributed by atoms with van der Waals surface area (Å²) in [5.74, 6) is -1.13. The van der Waals surface area contributed by atoms with Gasteiger partial charge in [0.05, 0.1) is 6.54 Å². The summed E-state index contributed by atoms with van der Waals surface area (Å²) >= 11 is 1.19. The number of carbonyl (C=O) groups is 2. The van der Waals surface area contributed by atoms with Crippen molar-refractivity contribution in [2.45, 2.75) is 26.3 Å². The Hall–Kier alpha value is -2.22. The van der Waals surface area contributed by atoms with Gasteiger partial charge in [0.2, 0.25) is 0 Å². The highest BCUT2D eigenvalue weighted by molar-refractivity contribution is 7.09. The first-order valence-corrected chi connectivity index (χ1v) is 6.86. The van der Waals surface area contributed by atoms with Gasteiger partial charge in [-0.2, -0.15) is 5.10 Å². The predicted molar refractivity (Wildman–Crippen MR) is 72.9 cm³/mol. The molecular formula is C12H14N4O3S. The summed E-state index contributed by atoms with van der Waals surface area (Å²) in [5.41, 5.74) is 1.18. The number of aromatic carboxylic acids is 1. The number of aromatic amines is 1. The molecule has 0 aliphatic carbocycles. The molecule has 2 aromatic heterocycles. The van der Waals surface area contributed by atoms with Gasteiger partial charge in [0, 0.05) is 11.1 Å². The summed E-state index contributed by atoms with van der Waals surface area (Å²) in [6, 6.07) is 1.70. The van der Waals surface area contributed by atoms with Crippen LogP contribution < -0.4 is 5.32 Å². The van der Waals surface area contributed by atoms with Crippen LogP contribution >= 0.6 is 11.3 Å². The standard InChI is InChI=1S/C12H14N4O3S/c1-6(2)7-3-8(16-15-7)11(17)13-4-10-14-9(5-20-10)12(18)19/h3,5-6H,4H2,1-2H3,(H,13,17)(H,15,16)(H,18,19). The first-order valence-electron chi connectivity index (χ1n) is 5.98. The Kier molecular flexibility index (Phi) is 4.14. The minimum atomic E-state index is -1.08. The van der Waals surface area contributed by atoms with Crippen LogP contribution in [0.5, 0.6) is 0 Å². The van der Waals surface area contributed by atoms with Crippen molar-refractivity contribution < 1.29 is 14.7 Å². The monoisotopic (exact) mass is 294 g/mol. The molecular weight excluding hydrogens is 280 g/mol. The Labute approximate surface area is 119 Å². The lowest BCUT2D eigenvalue weighted by molar-refractivity contribution is 0.0691. The fourth-order valence-corrected chi connectivity index (χ4v) is 2.19. The second-order valence-corrected chi connectivity index (χ2v) is 5.42. The van der Waals surface area contributed by atoms with Gasteiger partial charge in [0.25, 0.3) is 5.91 Å². The number of carboxylic acids is 1. The molecule has 0 aliphatic heterocycles. The van der Waals surface area contributed by atoms with Gasteiger partial charge >= 0.3 is 5.97 Å². The summed E-state index contributed by atoms with van der Waals surface area (Å²) in [7, 11) is 0. The smallest absolute Gasteiger partial charge is 0.355 e. The molecule has 8 heteroatoms. The first kappa shape index (κ1) is 14.2. The number of hydrogen-bond acceptors (Lipinski definition) is 5. The van der Waals surface area contributed by atoms with Crippen LogP contribution in [0.4, 0.5) is 0 Å². The lowest BCUT2D eigenvalue weighted by Crippen LogP contribution is -2.23. The minimum absolute atomic E-state index is 0.0129. The van der Waals surface area contributed by atoms with E-state index >= 15 is 0 Å². The Morgan fingerprint density at radius 1 is 1.45 bits per heavy atom. The van der Waals surface area contributed by atoms with Crippen LogP contribution in [-0.2, 0) is 6.54 Å². The highest BCUT2D eigenvalue weighted by Crippen LogP contribution is 2.12. The van der Waals surface area contributed by atoms with Gasteiger partial charge < -0.3 is 10.4 Å². The van der Waals surface area contributed by atoms with Gasteiger partial charge in [0.1, 0.15) is 10.7 Å². The van der Waals surface area contributed by atoms with Crippen LogP contribution in [0, 0.1) is 0 Å². The number of hydrogen-bond donors (Lipinski definition) is 3. The van der Waals surface area contributed by atoms with E-state index in [9.17, 15) is 9.59 Å². The lowest BCUT2D eigenvalue weighted by atomic mass is 10.1. The number of aromatic nitrogens is 3. The number of amides is 1. The van der Waals surface area contributed by atoms with E-state index in [4.69, 9.17) is 5.11 Å². The Morgan fingerprint density at radius 3 is 2.75 bits per heavy atom. The normalized spacial score (nSPS) is 10.8. The van der Waals surface area contributed by atoms with Crippen molar-refractivity contribution in [3.8, 4) is 0 Å². The molecule has 2 aromatic rings. The number of H-pyrrole nitrogens is 1. The van der Waals surface area contributed by atoms with E-state index in [1.165, 1.54) is 16.7 Å². The molecule has 0 spiro atoms. The fraction of sp³-hybridized carbons (Fsp3) is 0.333. The van der Waals surface area contributed by atoms with Crippen molar-refractivity contribution in [3.63, 3.8) is 0 Å². The van der Waals surface area contributed by atoms with E-state index in [0.29, 0.717) is 10.7 Å². The molecule has 0 atom stereocenters. The molecule has 0 aromatic carbocycles. The van der Waals surface area contributed by atoms with Crippen molar-refractivity contribution >= 4 is 23.2 Å². The van der Waals surface area contributed by atoms with Crippen molar-refractivity contribution in [3.05, 3.63) is 33.5 Å². The summed E-state index contributed by atoms with van der Waals surface area (Å²) in [4.78, 5) is 26.4. The average molecular weight is 294 g/mol. The third kappa shape index (κ3) is 3.21. The molecule has 0 saturated carbocycles. The number of carboxylic acid groups (broad SMARTS) is 1. The van der Waals surface area contributed by atoms with Crippen LogP contribution in [0.1, 0.15) is 51.4 Å². The Balaban J connectivity index is 1.95. The summed E-state index contributed by atoms with van der Waals surface area (Å²) < 4.78 is 0. The van der Waals surface area contributed by atoms with E-state index in [-0.39, 0.29) is 24.1 Å². The Morgan fingerprint density at radius 2 is 2.20 bits per heavy atom. The lowest BCUT2D eigenvalue weighted by Gasteiger charge is -1.99. The first-order chi connectivity index (χ1) is 9.47. The zero-order valence-electron chi connectivity index (χ0n) is 11.0. The average Bonchev–Trinajstić information content (AvgIpc) is 3.05. The van der Waals surface area contributed by atoms with Gasteiger partial charge in [-0.3, -0.25) is 9.89 Å². The topological polar surface area (TPSA) is 108 Å². The maximum atomic E-state index is 11.9. The maximum Gasteiger partial charge on any atom is 0.355 e. The summed E-state index contributed by atoms with van der Waals surface area (Å²) in [6.07, 6.45) is 0. The fourth-order valence-electron chi connectivity index (χ4n) is 1.49. The molecule has 7 nitrogen and oxygen atoms in total. The third-order valence-electron chi connectivity index (χ3n) is 2.62. The van der Waals surface area contributed by atoms with Crippen LogP contribution in [0.2, 0.25) is 0 Å². The summed E-state index contributed by atoms with van der Waals surface area (Å²) in [5, 5.41) is 20.1. The van der Waals surface area contributed by atoms with Gasteiger partial charge in [0.15, 0.2) is 5.69 Å². The molecule has 2 rings (SSSR count). The van der Waals surface area contributed by atoms with Crippen molar-refractivity contribution in [2.75, 3.05) is 0 Å². The van der Waals surface area contributed by atoms with E-state index in [0.717, 1.165) is 5.69 Å². The predicted octanol–water partition coefficient (Wildman–Crippen LogP) is 1.62. The summed E-state index contributed by atoms with van der Waals surface area (Å²) in [6.45, 7) is 4.18. The minimum Gasteiger partial charge on any atom is -0.476 e. The van der Waals surface area contributed by atoms with Crippen molar-refractivity contribution in [1.29, 1.82) is 0 Å². The zero-order valence-corrected chi connectivity index (χ0v) is 11.8. The highest BCUT2D eigenvalue weighted by Gasteiger charge is 2.13. The zero-order chi connectivity index (χ0) is 14.7. The van der Waals surface area contributed by atoms with E-state index in [2.05, 4.69) is 20.5 Å². The van der Waals surface area contributed by atoms with E-state index in [1.807, 2.05) is 13.8 Å². The van der Waals surface area contributed by atoms with Crippen LogP contribution in [0.25, 0.3) is 0 Å². The number of carbonyl (C=O) groups excluding carboxylic acids is 1. The van der Waals surface area contributed by atoms with Crippen molar-refractivity contribution in [1.82, 2.24) is 20.5 Å². The third-order valence-corrected chi connectivity index (χ3v) is 3.47. The van der Waals surface area contributed by atoms with Crippen LogP contribution in [0.15, 0.2) is 11.4 Å². The SMILES string of the molecule is CC(C)c1cc(C(=O)NCc2nc(C(=O)O)cs2)n[nH]1. The molecule has 1 amide bonds. The van der Waals surface area contributed by atoms with Gasteiger partial charge in [-0.1, -0.05) is 13.8 Å². The Bertz CT molecular complexity index is 632. The molecule has 0 bridgehead atoms. The number of nitrogens with one attached hydrogen (secondary N) is 2. The molecule has 0 unspecified atom stereocenters. The molecule has 0 fully saturated rings. The second-order valence-electron chi connectivity index (χ2n) is 4.48. The molecule has 20 heavy (non-hydrogen) atoms. The van der Waals surface area contributed by atoms with Gasteiger partial charge in [-0.25, -0.2) is 9.78 Å². The molecule has 0 aliphatic rings. The molecule has 106 valence electrons. The second kappa shape index (κ2) is 5.83. The largest absolute Gasteiger partial charge is 0.476 e. The van der Waals surface area contributed by atoms with E-state index < -0.39 is 5.97 Å². The van der Waals surface area contributed by atoms with E-state index in [1.54, 1.807) is 6.07 Å². The quantitative estimate of drug-likeness (QED) is 0.776. The molecule has 3 N–H and O–H groups in total. The van der Waals surface area contributed by atoms with Gasteiger partial charge in [-0.05, 0) is 12.0 Å². The number of rotatable bonds is 5. The maximum absolute atomic E-state index is 11.9. The molecule has 0 saturated heterocycles. The number of nitrogens with zero attached hydrogens (tertiary/aromatic N) is 2. The van der Waals surface area contributed by atoms with Gasteiger partial charge in [-0.15, -0.1) is 11.3 Å². The van der Waals surface area contributed by atoms with Crippen LogP contribution in [-0.4, -0.2) is 32.2 Å². The highest BCUT2D eigenvalue weighted by atomic mass is 32.1. The van der Waals surface area contributed by atoms with Crippen LogP contribution in [0.3, 0.4) is 0 Å². The number of thiazole rings is 1. The molecule has 2 heterocycles.